The molecule has 1 heterocycles. The van der Waals surface area contributed by atoms with Crippen molar-refractivity contribution in [3.63, 3.8) is 0 Å². The predicted octanol–water partition coefficient (Wildman–Crippen LogP) is 2.85. The molecule has 3 rings (SSSR count). The van der Waals surface area contributed by atoms with Gasteiger partial charge in [0, 0.05) is 12.2 Å². The molecule has 0 unspecified atom stereocenters. The van der Waals surface area contributed by atoms with Gasteiger partial charge in [0.15, 0.2) is 0 Å². The van der Waals surface area contributed by atoms with Crippen molar-refractivity contribution in [2.75, 3.05) is 30.3 Å². The van der Waals surface area contributed by atoms with E-state index in [0.717, 1.165) is 25.1 Å². The lowest BCUT2D eigenvalue weighted by molar-refractivity contribution is -0.123. The minimum atomic E-state index is -0.179. The highest BCUT2D eigenvalue weighted by Gasteiger charge is 2.27. The Bertz CT molecular complexity index is 845. The average molecular weight is 362 g/mol. The van der Waals surface area contributed by atoms with Crippen molar-refractivity contribution >= 4 is 23.2 Å². The molecular weight excluding hydrogens is 340 g/mol. The first-order chi connectivity index (χ1) is 13.2. The summed E-state index contributed by atoms with van der Waals surface area (Å²) in [5.41, 5.74) is 1.73. The maximum absolute atomic E-state index is 12.5. The minimum absolute atomic E-state index is 0.0128. The fourth-order valence-corrected chi connectivity index (χ4v) is 3.26. The predicted molar refractivity (Wildman–Crippen MR) is 104 cm³/mol. The van der Waals surface area contributed by atoms with Crippen LogP contribution < -0.4 is 10.6 Å². The summed E-state index contributed by atoms with van der Waals surface area (Å²) < 4.78 is 0. The normalized spacial score (nSPS) is 16.9. The SMILES string of the molecule is N#Cc1ccccc1NC(=O)CN1CCC[C@@H](C(=O)Nc2ccccc2)C1. The van der Waals surface area contributed by atoms with E-state index in [2.05, 4.69) is 16.7 Å². The van der Waals surface area contributed by atoms with E-state index in [1.807, 2.05) is 35.2 Å². The Morgan fingerprint density at radius 3 is 2.59 bits per heavy atom. The van der Waals surface area contributed by atoms with Crippen molar-refractivity contribution in [3.05, 3.63) is 60.2 Å². The van der Waals surface area contributed by atoms with Gasteiger partial charge in [0.25, 0.3) is 0 Å². The van der Waals surface area contributed by atoms with E-state index in [0.29, 0.717) is 17.8 Å². The van der Waals surface area contributed by atoms with Crippen molar-refractivity contribution in [3.8, 4) is 6.07 Å². The molecule has 0 aliphatic carbocycles. The minimum Gasteiger partial charge on any atom is -0.326 e. The lowest BCUT2D eigenvalue weighted by atomic mass is 9.97. The quantitative estimate of drug-likeness (QED) is 0.856. The molecule has 2 aromatic carbocycles. The standard InChI is InChI=1S/C21H22N4O2/c22-13-16-7-4-5-11-19(16)24-20(26)15-25-12-6-8-17(14-25)21(27)23-18-9-2-1-3-10-18/h1-5,7,9-11,17H,6,8,12,14-15H2,(H,23,27)(H,24,26)/t17-/m1/s1. The molecule has 1 atom stereocenters. The summed E-state index contributed by atoms with van der Waals surface area (Å²) in [6.07, 6.45) is 1.68. The van der Waals surface area contributed by atoms with Crippen LogP contribution >= 0.6 is 0 Å². The van der Waals surface area contributed by atoms with E-state index >= 15 is 0 Å². The zero-order valence-corrected chi connectivity index (χ0v) is 15.0. The maximum atomic E-state index is 12.5. The second-order valence-electron chi connectivity index (χ2n) is 6.64. The number of hydrogen-bond donors (Lipinski definition) is 2. The van der Waals surface area contributed by atoms with Gasteiger partial charge in [0.2, 0.25) is 11.8 Å². The number of likely N-dealkylation sites (tertiary alicyclic amines) is 1. The number of nitrogens with zero attached hydrogens (tertiary/aromatic N) is 2. The second-order valence-corrected chi connectivity index (χ2v) is 6.64. The van der Waals surface area contributed by atoms with Gasteiger partial charge in [-0.2, -0.15) is 5.26 Å². The van der Waals surface area contributed by atoms with Crippen LogP contribution in [0.15, 0.2) is 54.6 Å². The number of nitriles is 1. The van der Waals surface area contributed by atoms with Crippen molar-refractivity contribution in [2.24, 2.45) is 5.92 Å². The number of anilines is 2. The summed E-state index contributed by atoms with van der Waals surface area (Å²) in [6.45, 7) is 1.53. The number of hydrogen-bond acceptors (Lipinski definition) is 4. The topological polar surface area (TPSA) is 85.2 Å². The number of carbonyl (C=O) groups excluding carboxylic acids is 2. The van der Waals surface area contributed by atoms with Gasteiger partial charge in [0.05, 0.1) is 23.7 Å². The molecule has 0 aromatic heterocycles. The molecule has 2 aromatic rings. The van der Waals surface area contributed by atoms with Crippen LogP contribution in [-0.4, -0.2) is 36.3 Å². The largest absolute Gasteiger partial charge is 0.326 e. The van der Waals surface area contributed by atoms with E-state index in [1.165, 1.54) is 0 Å². The van der Waals surface area contributed by atoms with Gasteiger partial charge in [-0.15, -0.1) is 0 Å². The number of rotatable bonds is 5. The number of amides is 2. The van der Waals surface area contributed by atoms with Crippen LogP contribution in [0.25, 0.3) is 0 Å². The molecule has 2 amide bonds. The molecule has 0 saturated carbocycles. The summed E-state index contributed by atoms with van der Waals surface area (Å²) in [7, 11) is 0. The highest BCUT2D eigenvalue weighted by atomic mass is 16.2. The Morgan fingerprint density at radius 1 is 1.07 bits per heavy atom. The van der Waals surface area contributed by atoms with Crippen LogP contribution in [0.5, 0.6) is 0 Å². The van der Waals surface area contributed by atoms with Crippen LogP contribution in [0.3, 0.4) is 0 Å². The van der Waals surface area contributed by atoms with Gasteiger partial charge in [-0.05, 0) is 43.7 Å². The Balaban J connectivity index is 1.54. The van der Waals surface area contributed by atoms with E-state index in [-0.39, 0.29) is 24.3 Å². The van der Waals surface area contributed by atoms with Crippen LogP contribution in [0, 0.1) is 17.2 Å². The Hall–Kier alpha value is -3.17. The molecule has 138 valence electrons. The van der Waals surface area contributed by atoms with Crippen LogP contribution in [0.2, 0.25) is 0 Å². The van der Waals surface area contributed by atoms with Crippen LogP contribution in [0.1, 0.15) is 18.4 Å². The third-order valence-corrected chi connectivity index (χ3v) is 4.61. The molecule has 1 aliphatic rings. The van der Waals surface area contributed by atoms with E-state index < -0.39 is 0 Å². The Kier molecular flexibility index (Phi) is 6.18. The summed E-state index contributed by atoms with van der Waals surface area (Å²) in [5.74, 6) is -0.332. The third kappa shape index (κ3) is 5.16. The molecule has 1 saturated heterocycles. The van der Waals surface area contributed by atoms with E-state index in [1.54, 1.807) is 24.3 Å². The van der Waals surface area contributed by atoms with Crippen molar-refractivity contribution in [1.29, 1.82) is 5.26 Å². The second kappa shape index (κ2) is 8.97. The molecule has 27 heavy (non-hydrogen) atoms. The number of benzene rings is 2. The monoisotopic (exact) mass is 362 g/mol. The lowest BCUT2D eigenvalue weighted by Crippen LogP contribution is -2.44. The number of para-hydroxylation sites is 2. The lowest BCUT2D eigenvalue weighted by Gasteiger charge is -2.31. The molecule has 0 radical (unpaired) electrons. The third-order valence-electron chi connectivity index (χ3n) is 4.61. The summed E-state index contributed by atoms with van der Waals surface area (Å²) in [5, 5.41) is 14.8. The van der Waals surface area contributed by atoms with Gasteiger partial charge in [-0.1, -0.05) is 30.3 Å². The Morgan fingerprint density at radius 2 is 1.81 bits per heavy atom. The molecule has 1 aliphatic heterocycles. The molecular formula is C21H22N4O2. The van der Waals surface area contributed by atoms with Crippen molar-refractivity contribution in [2.45, 2.75) is 12.8 Å². The number of carbonyl (C=O) groups is 2. The van der Waals surface area contributed by atoms with Gasteiger partial charge in [-0.3, -0.25) is 14.5 Å². The first-order valence-corrected chi connectivity index (χ1v) is 9.03. The van der Waals surface area contributed by atoms with Gasteiger partial charge < -0.3 is 10.6 Å². The smallest absolute Gasteiger partial charge is 0.238 e. The highest BCUT2D eigenvalue weighted by molar-refractivity contribution is 5.94. The molecule has 1 fully saturated rings. The number of nitrogens with one attached hydrogen (secondary N) is 2. The summed E-state index contributed by atoms with van der Waals surface area (Å²) in [6, 6.07) is 18.4. The molecule has 0 bridgehead atoms. The summed E-state index contributed by atoms with van der Waals surface area (Å²) in [4.78, 5) is 26.8. The summed E-state index contributed by atoms with van der Waals surface area (Å²) >= 11 is 0. The van der Waals surface area contributed by atoms with Gasteiger partial charge >= 0.3 is 0 Å². The average Bonchev–Trinajstić information content (AvgIpc) is 2.69. The maximum Gasteiger partial charge on any atom is 0.238 e. The number of piperidine rings is 1. The first-order valence-electron chi connectivity index (χ1n) is 9.03. The molecule has 0 spiro atoms. The zero-order chi connectivity index (χ0) is 19.1. The Labute approximate surface area is 158 Å². The van der Waals surface area contributed by atoms with Gasteiger partial charge in [0.1, 0.15) is 6.07 Å². The first kappa shape index (κ1) is 18.6. The van der Waals surface area contributed by atoms with Crippen molar-refractivity contribution < 1.29 is 9.59 Å². The fraction of sp³-hybridized carbons (Fsp3) is 0.286. The van der Waals surface area contributed by atoms with Crippen LogP contribution in [0.4, 0.5) is 11.4 Å². The van der Waals surface area contributed by atoms with Crippen LogP contribution in [-0.2, 0) is 9.59 Å². The van der Waals surface area contributed by atoms with E-state index in [4.69, 9.17) is 5.26 Å². The highest BCUT2D eigenvalue weighted by Crippen LogP contribution is 2.19. The fourth-order valence-electron chi connectivity index (χ4n) is 3.26. The molecule has 6 nitrogen and oxygen atoms in total. The molecule has 2 N–H and O–H groups in total. The molecule has 6 heteroatoms. The zero-order valence-electron chi connectivity index (χ0n) is 15.0. The van der Waals surface area contributed by atoms with E-state index in [9.17, 15) is 9.59 Å². The van der Waals surface area contributed by atoms with Crippen molar-refractivity contribution in [1.82, 2.24) is 4.90 Å². The van der Waals surface area contributed by atoms with Gasteiger partial charge in [-0.25, -0.2) is 0 Å².